The maximum atomic E-state index is 12.3. The van der Waals surface area contributed by atoms with Crippen LogP contribution in [0.5, 0.6) is 0 Å². The highest BCUT2D eigenvalue weighted by Crippen LogP contribution is 2.26. The Kier molecular flexibility index (Phi) is 3.69. The minimum absolute atomic E-state index is 0.0676. The molecule has 1 aliphatic rings. The van der Waals surface area contributed by atoms with Crippen molar-refractivity contribution in [1.29, 1.82) is 0 Å². The zero-order valence-corrected chi connectivity index (χ0v) is 14.3. The fraction of sp³-hybridized carbons (Fsp3) is 0.308. The number of amides is 1. The van der Waals surface area contributed by atoms with Crippen LogP contribution in [0.2, 0.25) is 0 Å². The molecule has 3 aromatic heterocycles. The van der Waals surface area contributed by atoms with Crippen molar-refractivity contribution in [2.24, 2.45) is 0 Å². The van der Waals surface area contributed by atoms with Crippen LogP contribution < -0.4 is 0 Å². The van der Waals surface area contributed by atoms with E-state index in [0.29, 0.717) is 19.6 Å². The molecule has 118 valence electrons. The summed E-state index contributed by atoms with van der Waals surface area (Å²) in [6.45, 7) is 1.79. The Balaban J connectivity index is 1.36. The summed E-state index contributed by atoms with van der Waals surface area (Å²) in [4.78, 5) is 16.4. The molecule has 1 saturated heterocycles. The Hall–Kier alpha value is -2.07. The van der Waals surface area contributed by atoms with Crippen LogP contribution in [0.15, 0.2) is 34.5 Å². The van der Waals surface area contributed by atoms with E-state index in [2.05, 4.69) is 36.4 Å². The second-order valence-corrected chi connectivity index (χ2v) is 7.07. The lowest BCUT2D eigenvalue weighted by Crippen LogP contribution is -2.50. The molecule has 1 fully saturated rings. The van der Waals surface area contributed by atoms with Crippen molar-refractivity contribution in [1.82, 2.24) is 34.9 Å². The number of carbonyl (C=O) groups excluding carboxylic acids is 1. The number of carbonyl (C=O) groups is 1. The Bertz CT molecular complexity index is 821. The summed E-state index contributed by atoms with van der Waals surface area (Å²) in [7, 11) is 0. The second kappa shape index (κ2) is 5.85. The molecule has 0 unspecified atom stereocenters. The number of nitrogens with zero attached hydrogens (tertiary/aromatic N) is 7. The molecule has 0 bridgehead atoms. The third-order valence-electron chi connectivity index (χ3n) is 3.63. The van der Waals surface area contributed by atoms with Gasteiger partial charge in [0, 0.05) is 22.9 Å². The number of halogens is 1. The maximum absolute atomic E-state index is 12.3. The lowest BCUT2D eigenvalue weighted by atomic mass is 10.1. The van der Waals surface area contributed by atoms with E-state index in [0.717, 1.165) is 15.0 Å². The predicted octanol–water partition coefficient (Wildman–Crippen LogP) is 1.44. The summed E-state index contributed by atoms with van der Waals surface area (Å²) in [5.74, 6) is 0.0676. The fourth-order valence-electron chi connectivity index (χ4n) is 2.40. The maximum Gasteiger partial charge on any atom is 0.264 e. The summed E-state index contributed by atoms with van der Waals surface area (Å²) in [6.07, 6.45) is 5.14. The summed E-state index contributed by atoms with van der Waals surface area (Å²) < 4.78 is 2.75. The molecule has 3 aromatic rings. The van der Waals surface area contributed by atoms with Gasteiger partial charge in [-0.05, 0) is 22.0 Å². The third kappa shape index (κ3) is 2.91. The Labute approximate surface area is 143 Å². The van der Waals surface area contributed by atoms with Crippen molar-refractivity contribution in [3.05, 3.63) is 45.1 Å². The van der Waals surface area contributed by atoms with E-state index >= 15 is 0 Å². The van der Waals surface area contributed by atoms with Gasteiger partial charge >= 0.3 is 0 Å². The van der Waals surface area contributed by atoms with E-state index in [1.54, 1.807) is 17.2 Å². The molecule has 0 saturated carbocycles. The van der Waals surface area contributed by atoms with E-state index < -0.39 is 0 Å². The van der Waals surface area contributed by atoms with Crippen molar-refractivity contribution in [2.75, 3.05) is 13.1 Å². The average molecular weight is 394 g/mol. The monoisotopic (exact) mass is 393 g/mol. The van der Waals surface area contributed by atoms with Gasteiger partial charge in [0.05, 0.1) is 29.5 Å². The zero-order chi connectivity index (χ0) is 15.8. The van der Waals surface area contributed by atoms with E-state index in [1.165, 1.54) is 11.3 Å². The summed E-state index contributed by atoms with van der Waals surface area (Å²) in [6, 6.07) is 2.03. The lowest BCUT2D eigenvalue weighted by Gasteiger charge is -2.38. The highest BCUT2D eigenvalue weighted by molar-refractivity contribution is 9.10. The van der Waals surface area contributed by atoms with Gasteiger partial charge in [0.1, 0.15) is 12.2 Å². The molecule has 8 nitrogen and oxygen atoms in total. The van der Waals surface area contributed by atoms with Crippen molar-refractivity contribution < 1.29 is 4.79 Å². The molecule has 4 heterocycles. The molecule has 10 heteroatoms. The van der Waals surface area contributed by atoms with Crippen molar-refractivity contribution in [2.45, 2.75) is 12.6 Å². The van der Waals surface area contributed by atoms with E-state index in [1.807, 2.05) is 27.2 Å². The smallest absolute Gasteiger partial charge is 0.264 e. The second-order valence-electron chi connectivity index (χ2n) is 5.24. The SMILES string of the molecule is O=C(c1cc(Br)cs1)N1CC(n2cc(Cn3nccn3)nn2)C1. The van der Waals surface area contributed by atoms with Crippen LogP contribution in [-0.4, -0.2) is 53.9 Å². The van der Waals surface area contributed by atoms with E-state index in [9.17, 15) is 4.79 Å². The van der Waals surface area contributed by atoms with Crippen LogP contribution >= 0.6 is 27.3 Å². The minimum Gasteiger partial charge on any atom is -0.334 e. The number of thiophene rings is 1. The Morgan fingerprint density at radius 1 is 1.35 bits per heavy atom. The van der Waals surface area contributed by atoms with Gasteiger partial charge < -0.3 is 4.90 Å². The molecule has 0 aliphatic carbocycles. The highest BCUT2D eigenvalue weighted by atomic mass is 79.9. The van der Waals surface area contributed by atoms with Gasteiger partial charge in [-0.3, -0.25) is 4.79 Å². The molecule has 0 radical (unpaired) electrons. The topological polar surface area (TPSA) is 81.7 Å². The van der Waals surface area contributed by atoms with Crippen LogP contribution in [0.3, 0.4) is 0 Å². The van der Waals surface area contributed by atoms with Crippen LogP contribution in [-0.2, 0) is 6.54 Å². The number of hydrogen-bond acceptors (Lipinski definition) is 6. The van der Waals surface area contributed by atoms with Gasteiger partial charge in [0.15, 0.2) is 0 Å². The molecular formula is C13H12BrN7OS. The van der Waals surface area contributed by atoms with Crippen LogP contribution in [0.4, 0.5) is 0 Å². The number of aromatic nitrogens is 6. The molecule has 0 spiro atoms. The number of likely N-dealkylation sites (tertiary alicyclic amines) is 1. The Morgan fingerprint density at radius 3 is 2.83 bits per heavy atom. The third-order valence-corrected chi connectivity index (χ3v) is 5.31. The standard InChI is InChI=1S/C13H12BrN7OS/c14-9-3-12(23-8-9)13(22)19-6-11(7-19)20-4-10(17-18-20)5-21-15-1-2-16-21/h1-4,8,11H,5-7H2. The number of rotatable bonds is 4. The zero-order valence-electron chi connectivity index (χ0n) is 11.9. The Morgan fingerprint density at radius 2 is 2.13 bits per heavy atom. The molecule has 0 aromatic carbocycles. The first-order chi connectivity index (χ1) is 11.2. The van der Waals surface area contributed by atoms with E-state index in [-0.39, 0.29) is 11.9 Å². The first-order valence-corrected chi connectivity index (χ1v) is 8.64. The summed E-state index contributed by atoms with van der Waals surface area (Å²) in [5.41, 5.74) is 0.799. The quantitative estimate of drug-likeness (QED) is 0.669. The fourth-order valence-corrected chi connectivity index (χ4v) is 3.80. The van der Waals surface area contributed by atoms with Gasteiger partial charge in [-0.2, -0.15) is 15.0 Å². The van der Waals surface area contributed by atoms with Gasteiger partial charge in [-0.25, -0.2) is 4.68 Å². The molecule has 0 N–H and O–H groups in total. The molecule has 1 aliphatic heterocycles. The number of hydrogen-bond donors (Lipinski definition) is 0. The van der Waals surface area contributed by atoms with Crippen LogP contribution in [0.25, 0.3) is 0 Å². The van der Waals surface area contributed by atoms with Crippen molar-refractivity contribution in [3.63, 3.8) is 0 Å². The van der Waals surface area contributed by atoms with E-state index in [4.69, 9.17) is 0 Å². The van der Waals surface area contributed by atoms with Crippen molar-refractivity contribution in [3.8, 4) is 0 Å². The molecule has 1 amide bonds. The first-order valence-electron chi connectivity index (χ1n) is 6.97. The molecular weight excluding hydrogens is 382 g/mol. The molecule has 23 heavy (non-hydrogen) atoms. The highest BCUT2D eigenvalue weighted by Gasteiger charge is 2.33. The van der Waals surface area contributed by atoms with Gasteiger partial charge in [-0.1, -0.05) is 5.21 Å². The van der Waals surface area contributed by atoms with Crippen molar-refractivity contribution >= 4 is 33.2 Å². The largest absolute Gasteiger partial charge is 0.334 e. The summed E-state index contributed by atoms with van der Waals surface area (Å²) in [5, 5.41) is 18.3. The van der Waals surface area contributed by atoms with Crippen LogP contribution in [0.1, 0.15) is 21.4 Å². The van der Waals surface area contributed by atoms with Gasteiger partial charge in [-0.15, -0.1) is 16.4 Å². The van der Waals surface area contributed by atoms with Crippen LogP contribution in [0, 0.1) is 0 Å². The minimum atomic E-state index is 0.0676. The molecule has 0 atom stereocenters. The van der Waals surface area contributed by atoms with Gasteiger partial charge in [0.25, 0.3) is 5.91 Å². The summed E-state index contributed by atoms with van der Waals surface area (Å²) >= 11 is 4.82. The average Bonchev–Trinajstić information content (AvgIpc) is 3.20. The normalized spacial score (nSPS) is 14.9. The lowest BCUT2D eigenvalue weighted by molar-refractivity contribution is 0.0503. The molecule has 4 rings (SSSR count). The van der Waals surface area contributed by atoms with Gasteiger partial charge in [0.2, 0.25) is 0 Å². The predicted molar refractivity (Wildman–Crippen MR) is 86.1 cm³/mol. The first kappa shape index (κ1) is 14.5.